The van der Waals surface area contributed by atoms with Crippen LogP contribution in [0.25, 0.3) is 0 Å². The van der Waals surface area contributed by atoms with Crippen molar-refractivity contribution in [3.63, 3.8) is 0 Å². The van der Waals surface area contributed by atoms with Crippen LogP contribution in [0.1, 0.15) is 9.67 Å². The van der Waals surface area contributed by atoms with Gasteiger partial charge in [-0.1, -0.05) is 35.0 Å². The normalized spacial score (nSPS) is 10.6. The Kier molecular flexibility index (Phi) is 4.57. The Balaban J connectivity index is 2.49. The molecule has 0 aliphatic carbocycles. The predicted molar refractivity (Wildman–Crippen MR) is 77.5 cm³/mol. The molecular formula is C10H4Cl2N2O5S2. The Labute approximate surface area is 135 Å². The van der Waals surface area contributed by atoms with Gasteiger partial charge in [0.25, 0.3) is 5.69 Å². The van der Waals surface area contributed by atoms with Crippen LogP contribution in [0.4, 0.5) is 5.69 Å². The fourth-order valence-electron chi connectivity index (χ4n) is 1.35. The summed E-state index contributed by atoms with van der Waals surface area (Å²) in [7, 11) is 0. The number of aromatic carboxylic acids is 1. The minimum atomic E-state index is -1.27. The lowest BCUT2D eigenvalue weighted by molar-refractivity contribution is -0.605. The molecule has 0 aliphatic rings. The van der Waals surface area contributed by atoms with Crippen molar-refractivity contribution in [2.75, 3.05) is 0 Å². The van der Waals surface area contributed by atoms with Crippen molar-refractivity contribution in [1.82, 2.24) is 0 Å². The Morgan fingerprint density at radius 3 is 2.43 bits per heavy atom. The van der Waals surface area contributed by atoms with Gasteiger partial charge >= 0.3 is 5.97 Å². The summed E-state index contributed by atoms with van der Waals surface area (Å²) in [5.41, 5.74) is -0.353. The van der Waals surface area contributed by atoms with E-state index in [2.05, 4.69) is 0 Å². The minimum absolute atomic E-state index is 0.0158. The molecule has 2 aromatic rings. The zero-order chi connectivity index (χ0) is 15.7. The van der Waals surface area contributed by atoms with Crippen LogP contribution in [0, 0.1) is 15.3 Å². The summed E-state index contributed by atoms with van der Waals surface area (Å²) in [6.07, 6.45) is 2.10. The van der Waals surface area contributed by atoms with E-state index in [4.69, 9.17) is 28.3 Å². The van der Waals surface area contributed by atoms with Gasteiger partial charge in [-0.15, -0.1) is 11.3 Å². The largest absolute Gasteiger partial charge is 0.619 e. The van der Waals surface area contributed by atoms with E-state index in [1.165, 1.54) is 0 Å². The molecule has 1 N–H and O–H groups in total. The van der Waals surface area contributed by atoms with Gasteiger partial charge in [-0.2, -0.15) is 4.73 Å². The van der Waals surface area contributed by atoms with Crippen LogP contribution in [0.15, 0.2) is 27.6 Å². The molecule has 2 heterocycles. The van der Waals surface area contributed by atoms with Crippen LogP contribution in [-0.2, 0) is 0 Å². The first-order chi connectivity index (χ1) is 9.79. The number of hydrogen-bond donors (Lipinski definition) is 1. The van der Waals surface area contributed by atoms with Gasteiger partial charge in [0.2, 0.25) is 0 Å². The molecule has 0 spiro atoms. The van der Waals surface area contributed by atoms with Crippen molar-refractivity contribution in [2.24, 2.45) is 0 Å². The van der Waals surface area contributed by atoms with Crippen LogP contribution in [-0.4, -0.2) is 16.0 Å². The molecule has 0 bridgehead atoms. The number of carboxylic acid groups (broad SMARTS) is 1. The molecule has 0 aromatic carbocycles. The second-order valence-corrected chi connectivity index (χ2v) is 6.74. The number of rotatable bonds is 4. The summed E-state index contributed by atoms with van der Waals surface area (Å²) < 4.78 is 0.519. The van der Waals surface area contributed by atoms with Crippen molar-refractivity contribution in [3.05, 3.63) is 48.7 Å². The van der Waals surface area contributed by atoms with Gasteiger partial charge in [0.15, 0.2) is 12.4 Å². The molecule has 0 radical (unpaired) electrons. The summed E-state index contributed by atoms with van der Waals surface area (Å²) in [6.45, 7) is 0. The van der Waals surface area contributed by atoms with Gasteiger partial charge in [-0.3, -0.25) is 10.1 Å². The molecule has 2 rings (SSSR count). The smallest absolute Gasteiger partial charge is 0.346 e. The third-order valence-electron chi connectivity index (χ3n) is 2.20. The molecule has 0 saturated carbocycles. The Bertz CT molecular complexity index is 726. The number of nitrogens with zero attached hydrogens (tertiary/aromatic N) is 2. The van der Waals surface area contributed by atoms with Gasteiger partial charge in [-0.25, -0.2) is 4.79 Å². The van der Waals surface area contributed by atoms with Crippen molar-refractivity contribution >= 4 is 58.0 Å². The minimum Gasteiger partial charge on any atom is -0.619 e. The fraction of sp³-hybridized carbons (Fsp3) is 0. The molecule has 0 unspecified atom stereocenters. The lowest BCUT2D eigenvalue weighted by atomic mass is 10.4. The zero-order valence-corrected chi connectivity index (χ0v) is 12.9. The number of carbonyl (C=O) groups is 1. The SMILES string of the molecule is O=C(O)c1cc([N+](=O)[O-])c(Sc2c(Cl)c[n+]([O-])cc2Cl)s1. The van der Waals surface area contributed by atoms with Gasteiger partial charge < -0.3 is 10.3 Å². The molecule has 0 aliphatic heterocycles. The highest BCUT2D eigenvalue weighted by atomic mass is 35.5. The number of nitro groups is 1. The maximum Gasteiger partial charge on any atom is 0.346 e. The van der Waals surface area contributed by atoms with Crippen molar-refractivity contribution < 1.29 is 19.6 Å². The van der Waals surface area contributed by atoms with Crippen LogP contribution < -0.4 is 4.73 Å². The van der Waals surface area contributed by atoms with E-state index in [9.17, 15) is 20.1 Å². The highest BCUT2D eigenvalue weighted by Gasteiger charge is 2.25. The quantitative estimate of drug-likeness (QED) is 0.384. The van der Waals surface area contributed by atoms with Crippen molar-refractivity contribution in [3.8, 4) is 0 Å². The molecule has 21 heavy (non-hydrogen) atoms. The second kappa shape index (κ2) is 6.06. The van der Waals surface area contributed by atoms with E-state index in [0.717, 1.165) is 41.6 Å². The van der Waals surface area contributed by atoms with Crippen molar-refractivity contribution in [1.29, 1.82) is 0 Å². The molecule has 7 nitrogen and oxygen atoms in total. The molecule has 0 amide bonds. The highest BCUT2D eigenvalue weighted by molar-refractivity contribution is 8.01. The van der Waals surface area contributed by atoms with E-state index in [0.29, 0.717) is 4.73 Å². The van der Waals surface area contributed by atoms with Gasteiger partial charge in [0, 0.05) is 6.07 Å². The molecule has 0 saturated heterocycles. The standard InChI is InChI=1S/C10H4Cl2N2O5S2/c11-4-2-13(17)3-5(12)8(4)21-10-6(14(18)19)1-7(20-10)9(15)16/h1-3H,(H,15,16). The predicted octanol–water partition coefficient (Wildman–Crippen LogP) is 3.45. The van der Waals surface area contributed by atoms with E-state index in [1.54, 1.807) is 0 Å². The summed E-state index contributed by atoms with van der Waals surface area (Å²) in [4.78, 5) is 21.2. The fourth-order valence-corrected chi connectivity index (χ4v) is 4.13. The molecule has 2 aromatic heterocycles. The summed E-state index contributed by atoms with van der Waals surface area (Å²) in [5.74, 6) is -1.27. The van der Waals surface area contributed by atoms with Crippen molar-refractivity contribution in [2.45, 2.75) is 9.10 Å². The zero-order valence-electron chi connectivity index (χ0n) is 9.78. The van der Waals surface area contributed by atoms with E-state index < -0.39 is 10.9 Å². The molecule has 110 valence electrons. The lowest BCUT2D eigenvalue weighted by Crippen LogP contribution is -2.24. The number of halogens is 2. The Morgan fingerprint density at radius 1 is 1.38 bits per heavy atom. The number of hydrogen-bond acceptors (Lipinski definition) is 6. The van der Waals surface area contributed by atoms with Crippen LogP contribution in [0.2, 0.25) is 10.0 Å². The molecular weight excluding hydrogens is 363 g/mol. The van der Waals surface area contributed by atoms with Crippen LogP contribution in [0.5, 0.6) is 0 Å². The van der Waals surface area contributed by atoms with Gasteiger partial charge in [0.05, 0.1) is 9.82 Å². The van der Waals surface area contributed by atoms with E-state index >= 15 is 0 Å². The summed E-state index contributed by atoms with van der Waals surface area (Å²) >= 11 is 13.3. The molecule has 0 fully saturated rings. The molecule has 11 heteroatoms. The number of thiophene rings is 1. The first-order valence-electron chi connectivity index (χ1n) is 5.06. The van der Waals surface area contributed by atoms with E-state index in [-0.39, 0.29) is 29.7 Å². The lowest BCUT2D eigenvalue weighted by Gasteiger charge is -2.04. The average molecular weight is 367 g/mol. The first kappa shape index (κ1) is 15.8. The monoisotopic (exact) mass is 366 g/mol. The van der Waals surface area contributed by atoms with E-state index in [1.807, 2.05) is 0 Å². The topological polar surface area (TPSA) is 107 Å². The van der Waals surface area contributed by atoms with Gasteiger partial charge in [-0.05, 0) is 0 Å². The average Bonchev–Trinajstić information content (AvgIpc) is 2.77. The molecule has 0 atom stereocenters. The Morgan fingerprint density at radius 2 is 1.95 bits per heavy atom. The number of carboxylic acids is 1. The first-order valence-corrected chi connectivity index (χ1v) is 7.45. The second-order valence-electron chi connectivity index (χ2n) is 3.59. The number of aromatic nitrogens is 1. The van der Waals surface area contributed by atoms with Crippen LogP contribution in [0.3, 0.4) is 0 Å². The maximum atomic E-state index is 11.1. The summed E-state index contributed by atoms with van der Waals surface area (Å²) in [6, 6.07) is 0.966. The third kappa shape index (κ3) is 3.38. The number of pyridine rings is 1. The Hall–Kier alpha value is -1.55. The summed E-state index contributed by atoms with van der Waals surface area (Å²) in [5, 5.41) is 31.0. The van der Waals surface area contributed by atoms with Gasteiger partial charge in [0.1, 0.15) is 19.1 Å². The third-order valence-corrected chi connectivity index (χ3v) is 5.44. The maximum absolute atomic E-state index is 11.1. The highest BCUT2D eigenvalue weighted by Crippen LogP contribution is 2.45. The van der Waals surface area contributed by atoms with Crippen LogP contribution >= 0.6 is 46.3 Å².